The van der Waals surface area contributed by atoms with Crippen molar-refractivity contribution in [2.24, 2.45) is 5.11 Å². The van der Waals surface area contributed by atoms with Crippen LogP contribution >= 0.6 is 0 Å². The van der Waals surface area contributed by atoms with Crippen molar-refractivity contribution in [1.82, 2.24) is 5.32 Å². The Morgan fingerprint density at radius 1 is 1.47 bits per heavy atom. The molecule has 0 saturated heterocycles. The summed E-state index contributed by atoms with van der Waals surface area (Å²) in [4.78, 5) is 11.4. The van der Waals surface area contributed by atoms with Crippen LogP contribution in [0.15, 0.2) is 29.4 Å². The topological polar surface area (TPSA) is 74.5 Å². The van der Waals surface area contributed by atoms with Gasteiger partial charge in [-0.15, -0.1) is 0 Å². The normalized spacial score (nSPS) is 10.8. The molecule has 1 aromatic carbocycles. The summed E-state index contributed by atoms with van der Waals surface area (Å²) >= 11 is 0. The van der Waals surface area contributed by atoms with Crippen LogP contribution in [0.5, 0.6) is 0 Å². The molecule has 2 N–H and O–H groups in total. The number of amides is 1. The van der Waals surface area contributed by atoms with Gasteiger partial charge >= 0.3 is 6.09 Å². The Balaban J connectivity index is 2.50. The summed E-state index contributed by atoms with van der Waals surface area (Å²) in [7, 11) is 0. The zero-order valence-electron chi connectivity index (χ0n) is 10.3. The van der Waals surface area contributed by atoms with Crippen LogP contribution in [-0.4, -0.2) is 11.7 Å². The van der Waals surface area contributed by atoms with Crippen molar-refractivity contribution in [2.45, 2.75) is 32.9 Å². The molecule has 1 amide bonds. The molecule has 0 unspecified atom stereocenters. The zero-order chi connectivity index (χ0) is 12.9. The van der Waals surface area contributed by atoms with Crippen molar-refractivity contribution in [3.63, 3.8) is 0 Å². The molecule has 0 fully saturated rings. The van der Waals surface area contributed by atoms with E-state index in [0.29, 0.717) is 12.2 Å². The maximum atomic E-state index is 11.4. The molecule has 1 rings (SSSR count). The van der Waals surface area contributed by atoms with Crippen LogP contribution in [0.2, 0.25) is 0 Å². The molecule has 0 bridgehead atoms. The van der Waals surface area contributed by atoms with Crippen molar-refractivity contribution in [3.05, 3.63) is 29.8 Å². The largest absolute Gasteiger partial charge is 0.444 e. The third kappa shape index (κ3) is 5.10. The lowest BCUT2D eigenvalue weighted by Gasteiger charge is -2.19. The number of alkyl carbamates (subject to hydrolysis) is 1. The van der Waals surface area contributed by atoms with E-state index in [2.05, 4.69) is 10.4 Å². The molecule has 0 spiro atoms. The highest BCUT2D eigenvalue weighted by Crippen LogP contribution is 2.13. The van der Waals surface area contributed by atoms with E-state index in [4.69, 9.17) is 10.3 Å². The van der Waals surface area contributed by atoms with E-state index in [1.54, 1.807) is 18.2 Å². The molecule has 17 heavy (non-hydrogen) atoms. The number of hydrogen-bond donors (Lipinski definition) is 2. The summed E-state index contributed by atoms with van der Waals surface area (Å²) in [5.41, 5.74) is 7.83. The van der Waals surface area contributed by atoms with Crippen molar-refractivity contribution in [1.29, 1.82) is 5.53 Å². The molecule has 0 heterocycles. The van der Waals surface area contributed by atoms with Crippen LogP contribution in [0.3, 0.4) is 0 Å². The highest BCUT2D eigenvalue weighted by Gasteiger charge is 2.15. The fourth-order valence-electron chi connectivity index (χ4n) is 1.22. The van der Waals surface area contributed by atoms with E-state index in [1.165, 1.54) is 0 Å². The van der Waals surface area contributed by atoms with Crippen LogP contribution < -0.4 is 5.32 Å². The Morgan fingerprint density at radius 3 is 2.76 bits per heavy atom. The SMILES string of the molecule is CC(C)(C)OC(=O)NCc1cccc(N=N)c1. The van der Waals surface area contributed by atoms with Crippen LogP contribution in [0.1, 0.15) is 26.3 Å². The Bertz CT molecular complexity index is 410. The van der Waals surface area contributed by atoms with Gasteiger partial charge in [-0.25, -0.2) is 10.3 Å². The van der Waals surface area contributed by atoms with Crippen LogP contribution in [0.25, 0.3) is 0 Å². The highest BCUT2D eigenvalue weighted by molar-refractivity contribution is 5.67. The van der Waals surface area contributed by atoms with E-state index in [-0.39, 0.29) is 0 Å². The zero-order valence-corrected chi connectivity index (χ0v) is 10.3. The number of carbonyl (C=O) groups excluding carboxylic acids is 1. The van der Waals surface area contributed by atoms with Gasteiger partial charge in [0.2, 0.25) is 0 Å². The van der Waals surface area contributed by atoms with E-state index < -0.39 is 11.7 Å². The van der Waals surface area contributed by atoms with Crippen molar-refractivity contribution < 1.29 is 9.53 Å². The molecule has 0 aliphatic carbocycles. The Labute approximate surface area is 101 Å². The number of hydrogen-bond acceptors (Lipinski definition) is 4. The first-order chi connectivity index (χ1) is 7.90. The highest BCUT2D eigenvalue weighted by atomic mass is 16.6. The molecule has 0 aromatic heterocycles. The van der Waals surface area contributed by atoms with Crippen LogP contribution in [-0.2, 0) is 11.3 Å². The van der Waals surface area contributed by atoms with Gasteiger partial charge in [-0.1, -0.05) is 12.1 Å². The monoisotopic (exact) mass is 235 g/mol. The predicted octanol–water partition coefficient (Wildman–Crippen LogP) is 3.37. The van der Waals surface area contributed by atoms with Gasteiger partial charge in [-0.3, -0.25) is 0 Å². The average molecular weight is 235 g/mol. The summed E-state index contributed by atoms with van der Waals surface area (Å²) in [5.74, 6) is 0. The molecule has 5 nitrogen and oxygen atoms in total. The average Bonchev–Trinajstić information content (AvgIpc) is 2.24. The molecule has 0 radical (unpaired) electrons. The minimum absolute atomic E-state index is 0.359. The molecule has 0 aliphatic rings. The number of ether oxygens (including phenoxy) is 1. The van der Waals surface area contributed by atoms with Crippen LogP contribution in [0.4, 0.5) is 10.5 Å². The summed E-state index contributed by atoms with van der Waals surface area (Å²) < 4.78 is 5.11. The Hall–Kier alpha value is -1.91. The minimum Gasteiger partial charge on any atom is -0.444 e. The molecular weight excluding hydrogens is 218 g/mol. The quantitative estimate of drug-likeness (QED) is 0.788. The lowest BCUT2D eigenvalue weighted by atomic mass is 10.2. The second-order valence-corrected chi connectivity index (χ2v) is 4.64. The second kappa shape index (κ2) is 5.43. The minimum atomic E-state index is -0.498. The summed E-state index contributed by atoms with van der Waals surface area (Å²) in [5, 5.41) is 5.97. The van der Waals surface area contributed by atoms with E-state index in [1.807, 2.05) is 26.8 Å². The first-order valence-electron chi connectivity index (χ1n) is 5.34. The second-order valence-electron chi connectivity index (χ2n) is 4.64. The number of nitrogens with zero attached hydrogens (tertiary/aromatic N) is 1. The van der Waals surface area contributed by atoms with Gasteiger partial charge < -0.3 is 10.1 Å². The third-order valence-electron chi connectivity index (χ3n) is 1.88. The predicted molar refractivity (Wildman–Crippen MR) is 64.3 cm³/mol. The summed E-state index contributed by atoms with van der Waals surface area (Å²) in [6, 6.07) is 7.11. The van der Waals surface area contributed by atoms with Crippen molar-refractivity contribution in [3.8, 4) is 0 Å². The maximum absolute atomic E-state index is 11.4. The molecule has 0 atom stereocenters. The smallest absolute Gasteiger partial charge is 0.407 e. The fourth-order valence-corrected chi connectivity index (χ4v) is 1.22. The van der Waals surface area contributed by atoms with E-state index in [0.717, 1.165) is 5.56 Å². The lowest BCUT2D eigenvalue weighted by Crippen LogP contribution is -2.32. The molecule has 5 heteroatoms. The number of benzene rings is 1. The number of rotatable bonds is 3. The number of carbonyl (C=O) groups is 1. The lowest BCUT2D eigenvalue weighted by molar-refractivity contribution is 0.0523. The molecular formula is C12H17N3O2. The van der Waals surface area contributed by atoms with Gasteiger partial charge in [0.1, 0.15) is 5.60 Å². The first kappa shape index (κ1) is 13.2. The van der Waals surface area contributed by atoms with Gasteiger partial charge in [-0.2, -0.15) is 5.11 Å². The maximum Gasteiger partial charge on any atom is 0.407 e. The van der Waals surface area contributed by atoms with E-state index >= 15 is 0 Å². The third-order valence-corrected chi connectivity index (χ3v) is 1.88. The molecule has 1 aromatic rings. The summed E-state index contributed by atoms with van der Waals surface area (Å²) in [6.45, 7) is 5.79. The van der Waals surface area contributed by atoms with Crippen molar-refractivity contribution in [2.75, 3.05) is 0 Å². The summed E-state index contributed by atoms with van der Waals surface area (Å²) in [6.07, 6.45) is -0.453. The Kier molecular flexibility index (Phi) is 4.20. The molecule has 92 valence electrons. The fraction of sp³-hybridized carbons (Fsp3) is 0.417. The van der Waals surface area contributed by atoms with Gasteiger partial charge in [0.15, 0.2) is 0 Å². The first-order valence-corrected chi connectivity index (χ1v) is 5.34. The standard InChI is InChI=1S/C12H17N3O2/c1-12(2,3)17-11(16)14-8-9-5-4-6-10(7-9)15-13/h4-7,13H,8H2,1-3H3,(H,14,16). The van der Waals surface area contributed by atoms with Crippen LogP contribution in [0, 0.1) is 5.53 Å². The van der Waals surface area contributed by atoms with Gasteiger partial charge in [-0.05, 0) is 38.5 Å². The Morgan fingerprint density at radius 2 is 2.18 bits per heavy atom. The van der Waals surface area contributed by atoms with Gasteiger partial charge in [0.05, 0.1) is 5.69 Å². The van der Waals surface area contributed by atoms with Crippen molar-refractivity contribution >= 4 is 11.8 Å². The van der Waals surface area contributed by atoms with Gasteiger partial charge in [0, 0.05) is 6.54 Å². The number of nitrogens with one attached hydrogen (secondary N) is 2. The van der Waals surface area contributed by atoms with Gasteiger partial charge in [0.25, 0.3) is 0 Å². The van der Waals surface area contributed by atoms with E-state index in [9.17, 15) is 4.79 Å². The molecule has 0 saturated carbocycles. The molecule has 0 aliphatic heterocycles.